The van der Waals surface area contributed by atoms with Crippen LogP contribution in [-0.4, -0.2) is 50.0 Å². The molecule has 3 aromatic rings. The summed E-state index contributed by atoms with van der Waals surface area (Å²) in [6.07, 6.45) is 9.47. The Morgan fingerprint density at radius 3 is 2.80 bits per heavy atom. The SMILES string of the molecule is CCc1ocnc1C(=O)N1CCCC[C@H]1c1cc2nc(N3CCCC3)c(C)cn2n1. The van der Waals surface area contributed by atoms with E-state index < -0.39 is 0 Å². The van der Waals surface area contributed by atoms with Crippen molar-refractivity contribution in [2.75, 3.05) is 24.5 Å². The molecule has 8 nitrogen and oxygen atoms in total. The van der Waals surface area contributed by atoms with Crippen LogP contribution in [-0.2, 0) is 6.42 Å². The summed E-state index contributed by atoms with van der Waals surface area (Å²) in [5.41, 5.74) is 3.30. The Morgan fingerprint density at radius 2 is 2.00 bits per heavy atom. The number of nitrogens with zero attached hydrogens (tertiary/aromatic N) is 6. The molecule has 158 valence electrons. The largest absolute Gasteiger partial charge is 0.448 e. The van der Waals surface area contributed by atoms with E-state index in [1.165, 1.54) is 19.2 Å². The Morgan fingerprint density at radius 1 is 1.20 bits per heavy atom. The van der Waals surface area contributed by atoms with Crippen molar-refractivity contribution in [1.82, 2.24) is 24.5 Å². The van der Waals surface area contributed by atoms with Crippen LogP contribution in [0.4, 0.5) is 5.82 Å². The summed E-state index contributed by atoms with van der Waals surface area (Å²) in [4.78, 5) is 26.7. The fourth-order valence-corrected chi connectivity index (χ4v) is 4.75. The van der Waals surface area contributed by atoms with Crippen molar-refractivity contribution in [2.45, 2.75) is 58.4 Å². The molecule has 0 aliphatic carbocycles. The highest BCUT2D eigenvalue weighted by Gasteiger charge is 2.33. The lowest BCUT2D eigenvalue weighted by Crippen LogP contribution is -2.39. The molecular weight excluding hydrogens is 380 g/mol. The van der Waals surface area contributed by atoms with Crippen molar-refractivity contribution in [1.29, 1.82) is 0 Å². The van der Waals surface area contributed by atoms with Crippen LogP contribution in [0, 0.1) is 6.92 Å². The average molecular weight is 409 g/mol. The fraction of sp³-hybridized carbons (Fsp3) is 0.545. The van der Waals surface area contributed by atoms with Crippen molar-refractivity contribution in [3.8, 4) is 0 Å². The maximum absolute atomic E-state index is 13.3. The predicted octanol–water partition coefficient (Wildman–Crippen LogP) is 3.56. The zero-order valence-electron chi connectivity index (χ0n) is 17.7. The Balaban J connectivity index is 1.48. The number of aryl methyl sites for hydroxylation is 2. The summed E-state index contributed by atoms with van der Waals surface area (Å²) in [5.74, 6) is 1.63. The molecule has 3 aromatic heterocycles. The first-order valence-corrected chi connectivity index (χ1v) is 11.0. The van der Waals surface area contributed by atoms with Crippen LogP contribution in [0.2, 0.25) is 0 Å². The van der Waals surface area contributed by atoms with Gasteiger partial charge in [-0.2, -0.15) is 5.10 Å². The monoisotopic (exact) mass is 408 g/mol. The van der Waals surface area contributed by atoms with Gasteiger partial charge in [-0.1, -0.05) is 6.92 Å². The van der Waals surface area contributed by atoms with Crippen LogP contribution in [0.15, 0.2) is 23.1 Å². The number of fused-ring (bicyclic) bond motifs is 1. The minimum absolute atomic E-state index is 0.0649. The van der Waals surface area contributed by atoms with Gasteiger partial charge in [0.05, 0.1) is 11.7 Å². The van der Waals surface area contributed by atoms with E-state index in [1.54, 1.807) is 0 Å². The molecule has 0 unspecified atom stereocenters. The van der Waals surface area contributed by atoms with Gasteiger partial charge in [-0.05, 0) is 39.0 Å². The number of aromatic nitrogens is 4. The van der Waals surface area contributed by atoms with Crippen LogP contribution >= 0.6 is 0 Å². The molecule has 1 amide bonds. The molecule has 8 heteroatoms. The topological polar surface area (TPSA) is 79.8 Å². The predicted molar refractivity (Wildman–Crippen MR) is 113 cm³/mol. The second kappa shape index (κ2) is 7.74. The Labute approximate surface area is 175 Å². The number of hydrogen-bond donors (Lipinski definition) is 0. The zero-order valence-corrected chi connectivity index (χ0v) is 17.7. The molecule has 30 heavy (non-hydrogen) atoms. The van der Waals surface area contributed by atoms with E-state index in [0.29, 0.717) is 24.4 Å². The second-order valence-electron chi connectivity index (χ2n) is 8.30. The molecule has 0 N–H and O–H groups in total. The quantitative estimate of drug-likeness (QED) is 0.657. The lowest BCUT2D eigenvalue weighted by atomic mass is 9.98. The normalized spacial score (nSPS) is 19.7. The van der Waals surface area contributed by atoms with Crippen LogP contribution in [0.3, 0.4) is 0 Å². The smallest absolute Gasteiger partial charge is 0.276 e. The van der Waals surface area contributed by atoms with Gasteiger partial charge in [0.15, 0.2) is 17.7 Å². The third-order valence-electron chi connectivity index (χ3n) is 6.30. The van der Waals surface area contributed by atoms with Crippen LogP contribution in [0.25, 0.3) is 5.65 Å². The number of likely N-dealkylation sites (tertiary alicyclic amines) is 1. The summed E-state index contributed by atoms with van der Waals surface area (Å²) in [7, 11) is 0. The number of carbonyl (C=O) groups is 1. The number of amides is 1. The van der Waals surface area contributed by atoms with Crippen molar-refractivity contribution in [2.24, 2.45) is 0 Å². The Kier molecular flexibility index (Phi) is 4.92. The van der Waals surface area contributed by atoms with Crippen molar-refractivity contribution in [3.05, 3.63) is 41.4 Å². The lowest BCUT2D eigenvalue weighted by Gasteiger charge is -2.34. The number of piperidine rings is 1. The van der Waals surface area contributed by atoms with Crippen LogP contribution in [0.5, 0.6) is 0 Å². The highest BCUT2D eigenvalue weighted by atomic mass is 16.3. The summed E-state index contributed by atoms with van der Waals surface area (Å²) in [5, 5.41) is 4.82. The van der Waals surface area contributed by atoms with E-state index in [4.69, 9.17) is 14.5 Å². The molecule has 0 aromatic carbocycles. The number of oxazole rings is 1. The minimum atomic E-state index is -0.0655. The van der Waals surface area contributed by atoms with E-state index in [1.807, 2.05) is 22.4 Å². The van der Waals surface area contributed by atoms with E-state index in [0.717, 1.165) is 55.1 Å². The maximum atomic E-state index is 13.3. The van der Waals surface area contributed by atoms with E-state index in [-0.39, 0.29) is 11.9 Å². The summed E-state index contributed by atoms with van der Waals surface area (Å²) >= 11 is 0. The average Bonchev–Trinajstić information content (AvgIpc) is 3.52. The molecule has 0 bridgehead atoms. The second-order valence-corrected chi connectivity index (χ2v) is 8.30. The van der Waals surface area contributed by atoms with E-state index >= 15 is 0 Å². The molecular formula is C22H28N6O2. The van der Waals surface area contributed by atoms with Gasteiger partial charge in [-0.25, -0.2) is 14.5 Å². The molecule has 2 aliphatic heterocycles. The summed E-state index contributed by atoms with van der Waals surface area (Å²) in [6.45, 7) is 6.90. The molecule has 2 aliphatic rings. The van der Waals surface area contributed by atoms with E-state index in [9.17, 15) is 4.79 Å². The summed E-state index contributed by atoms with van der Waals surface area (Å²) < 4.78 is 7.25. The standard InChI is InChI=1S/C22H28N6O2/c1-3-18-20(23-14-30-18)22(29)27-11-5-4-8-17(27)16-12-19-24-21(26-9-6-7-10-26)15(2)13-28(19)25-16/h12-14,17H,3-11H2,1-2H3/t17-/m0/s1. The number of rotatable bonds is 4. The van der Waals surface area contributed by atoms with Gasteiger partial charge in [0, 0.05) is 43.9 Å². The third kappa shape index (κ3) is 3.24. The molecule has 2 saturated heterocycles. The lowest BCUT2D eigenvalue weighted by molar-refractivity contribution is 0.0598. The summed E-state index contributed by atoms with van der Waals surface area (Å²) in [6, 6.07) is 1.98. The van der Waals surface area contributed by atoms with Crippen molar-refractivity contribution >= 4 is 17.4 Å². The minimum Gasteiger partial charge on any atom is -0.448 e. The molecule has 2 fully saturated rings. The molecule has 1 atom stereocenters. The first kappa shape index (κ1) is 19.1. The van der Waals surface area contributed by atoms with Gasteiger partial charge in [0.1, 0.15) is 11.6 Å². The first-order valence-electron chi connectivity index (χ1n) is 11.0. The molecule has 0 radical (unpaired) electrons. The van der Waals surface area contributed by atoms with E-state index in [2.05, 4.69) is 23.0 Å². The van der Waals surface area contributed by atoms with Gasteiger partial charge >= 0.3 is 0 Å². The molecule has 0 saturated carbocycles. The highest BCUT2D eigenvalue weighted by Crippen LogP contribution is 2.33. The molecule has 5 heterocycles. The highest BCUT2D eigenvalue weighted by molar-refractivity contribution is 5.93. The van der Waals surface area contributed by atoms with Crippen molar-refractivity contribution < 1.29 is 9.21 Å². The molecule has 5 rings (SSSR count). The Bertz CT molecular complexity index is 1060. The number of hydrogen-bond acceptors (Lipinski definition) is 6. The van der Waals surface area contributed by atoms with Gasteiger partial charge in [0.25, 0.3) is 5.91 Å². The Hall–Kier alpha value is -2.90. The zero-order chi connectivity index (χ0) is 20.7. The van der Waals surface area contributed by atoms with Gasteiger partial charge < -0.3 is 14.2 Å². The number of anilines is 1. The van der Waals surface area contributed by atoms with Crippen molar-refractivity contribution in [3.63, 3.8) is 0 Å². The van der Waals surface area contributed by atoms with Crippen LogP contribution < -0.4 is 4.90 Å². The third-order valence-corrected chi connectivity index (χ3v) is 6.30. The number of carbonyl (C=O) groups excluding carboxylic acids is 1. The first-order chi connectivity index (χ1) is 14.7. The fourth-order valence-electron chi connectivity index (χ4n) is 4.75. The van der Waals surface area contributed by atoms with Gasteiger partial charge in [-0.15, -0.1) is 0 Å². The van der Waals surface area contributed by atoms with Gasteiger partial charge in [0.2, 0.25) is 0 Å². The van der Waals surface area contributed by atoms with Gasteiger partial charge in [-0.3, -0.25) is 4.79 Å². The maximum Gasteiger partial charge on any atom is 0.276 e. The molecule has 0 spiro atoms. The van der Waals surface area contributed by atoms with Crippen LogP contribution in [0.1, 0.15) is 72.6 Å².